The molecule has 0 aromatic heterocycles. The van der Waals surface area contributed by atoms with E-state index in [2.05, 4.69) is 31.9 Å². The predicted octanol–water partition coefficient (Wildman–Crippen LogP) is 5.17. The van der Waals surface area contributed by atoms with Crippen LogP contribution in [0, 0.1) is 10.1 Å². The number of benzene rings is 2. The van der Waals surface area contributed by atoms with Crippen molar-refractivity contribution < 1.29 is 4.92 Å². The highest BCUT2D eigenvalue weighted by Gasteiger charge is 2.20. The minimum Gasteiger partial charge on any atom is -0.258 e. The average Bonchev–Trinajstić information content (AvgIpc) is 2.46. The minimum atomic E-state index is -0.393. The molecule has 2 atom stereocenters. The molecule has 0 N–H and O–H groups in total. The van der Waals surface area contributed by atoms with Crippen molar-refractivity contribution in [1.82, 2.24) is 0 Å². The maximum atomic E-state index is 10.6. The van der Waals surface area contributed by atoms with Crippen LogP contribution in [-0.2, 0) is 0 Å². The zero-order chi connectivity index (χ0) is 13.8. The van der Waals surface area contributed by atoms with Crippen LogP contribution >= 0.6 is 31.9 Å². The number of rotatable bonds is 4. The largest absolute Gasteiger partial charge is 0.269 e. The van der Waals surface area contributed by atoms with Gasteiger partial charge in [0.1, 0.15) is 0 Å². The number of hydrogen-bond acceptors (Lipinski definition) is 2. The molecule has 98 valence electrons. The second kappa shape index (κ2) is 6.30. The normalized spacial score (nSPS) is 13.8. The molecule has 0 heterocycles. The molecule has 5 heteroatoms. The first kappa shape index (κ1) is 14.2. The summed E-state index contributed by atoms with van der Waals surface area (Å²) >= 11 is 7.29. The summed E-state index contributed by atoms with van der Waals surface area (Å²) in [6.07, 6.45) is 0. The van der Waals surface area contributed by atoms with Gasteiger partial charge in [0.15, 0.2) is 0 Å². The van der Waals surface area contributed by atoms with Gasteiger partial charge in [-0.25, -0.2) is 0 Å². The maximum absolute atomic E-state index is 10.6. The van der Waals surface area contributed by atoms with Gasteiger partial charge >= 0.3 is 0 Å². The van der Waals surface area contributed by atoms with Crippen LogP contribution in [0.3, 0.4) is 0 Å². The van der Waals surface area contributed by atoms with E-state index in [0.717, 1.165) is 11.1 Å². The van der Waals surface area contributed by atoms with E-state index in [9.17, 15) is 10.1 Å². The highest BCUT2D eigenvalue weighted by atomic mass is 79.9. The Morgan fingerprint density at radius 2 is 1.32 bits per heavy atom. The molecule has 0 aliphatic heterocycles. The monoisotopic (exact) mass is 383 g/mol. The lowest BCUT2D eigenvalue weighted by molar-refractivity contribution is -0.384. The van der Waals surface area contributed by atoms with Gasteiger partial charge in [-0.2, -0.15) is 0 Å². The zero-order valence-electron chi connectivity index (χ0n) is 9.87. The van der Waals surface area contributed by atoms with E-state index in [1.807, 2.05) is 30.3 Å². The smallest absolute Gasteiger partial charge is 0.258 e. The summed E-state index contributed by atoms with van der Waals surface area (Å²) in [7, 11) is 0. The molecule has 2 aromatic rings. The van der Waals surface area contributed by atoms with Crippen LogP contribution in [-0.4, -0.2) is 4.92 Å². The minimum absolute atomic E-state index is 0.0516. The van der Waals surface area contributed by atoms with Crippen LogP contribution in [0.25, 0.3) is 0 Å². The Balaban J connectivity index is 2.19. The van der Waals surface area contributed by atoms with Crippen LogP contribution in [0.15, 0.2) is 54.6 Å². The Bertz CT molecular complexity index is 557. The van der Waals surface area contributed by atoms with E-state index in [4.69, 9.17) is 0 Å². The molecule has 0 aliphatic rings. The first-order chi connectivity index (χ1) is 9.09. The summed E-state index contributed by atoms with van der Waals surface area (Å²) in [6.45, 7) is 0. The van der Waals surface area contributed by atoms with E-state index < -0.39 is 4.92 Å². The molecular weight excluding hydrogens is 374 g/mol. The molecule has 0 radical (unpaired) electrons. The van der Waals surface area contributed by atoms with Crippen LogP contribution in [0.2, 0.25) is 0 Å². The molecule has 2 aromatic carbocycles. The van der Waals surface area contributed by atoms with E-state index in [1.165, 1.54) is 12.1 Å². The standard InChI is InChI=1S/C14H11Br2NO2/c15-13(10-4-2-1-3-5-10)14(16)11-6-8-12(9-7-11)17(18)19/h1-9,13-14H. The van der Waals surface area contributed by atoms with Gasteiger partial charge in [0.05, 0.1) is 14.6 Å². The van der Waals surface area contributed by atoms with Crippen molar-refractivity contribution in [3.05, 3.63) is 75.8 Å². The lowest BCUT2D eigenvalue weighted by Gasteiger charge is -2.17. The van der Waals surface area contributed by atoms with Crippen molar-refractivity contribution in [2.24, 2.45) is 0 Å². The van der Waals surface area contributed by atoms with Gasteiger partial charge in [0.25, 0.3) is 5.69 Å². The summed E-state index contributed by atoms with van der Waals surface area (Å²) in [4.78, 5) is 10.4. The quantitative estimate of drug-likeness (QED) is 0.414. The molecule has 0 saturated heterocycles. The third kappa shape index (κ3) is 3.42. The Hall–Kier alpha value is -1.20. The van der Waals surface area contributed by atoms with E-state index in [-0.39, 0.29) is 15.3 Å². The van der Waals surface area contributed by atoms with Crippen molar-refractivity contribution in [2.45, 2.75) is 9.65 Å². The van der Waals surface area contributed by atoms with Crippen molar-refractivity contribution in [3.8, 4) is 0 Å². The Morgan fingerprint density at radius 3 is 1.79 bits per heavy atom. The molecule has 2 unspecified atom stereocenters. The van der Waals surface area contributed by atoms with Gasteiger partial charge in [-0.3, -0.25) is 10.1 Å². The number of alkyl halides is 2. The second-order valence-corrected chi connectivity index (χ2v) is 6.04. The van der Waals surface area contributed by atoms with Gasteiger partial charge in [0.2, 0.25) is 0 Å². The lowest BCUT2D eigenvalue weighted by atomic mass is 10.0. The Kier molecular flexibility index (Phi) is 4.71. The molecular formula is C14H11Br2NO2. The number of hydrogen-bond donors (Lipinski definition) is 0. The van der Waals surface area contributed by atoms with E-state index in [0.29, 0.717) is 0 Å². The van der Waals surface area contributed by atoms with Gasteiger partial charge < -0.3 is 0 Å². The molecule has 2 rings (SSSR count). The molecule has 0 fully saturated rings. The van der Waals surface area contributed by atoms with Crippen molar-refractivity contribution in [2.75, 3.05) is 0 Å². The number of halogens is 2. The fourth-order valence-electron chi connectivity index (χ4n) is 1.75. The number of non-ortho nitro benzene ring substituents is 1. The van der Waals surface area contributed by atoms with Crippen LogP contribution < -0.4 is 0 Å². The lowest BCUT2D eigenvalue weighted by Crippen LogP contribution is -1.99. The average molecular weight is 385 g/mol. The summed E-state index contributed by atoms with van der Waals surface area (Å²) < 4.78 is 0. The molecule has 3 nitrogen and oxygen atoms in total. The first-order valence-corrected chi connectivity index (χ1v) is 7.50. The summed E-state index contributed by atoms with van der Waals surface area (Å²) in [6, 6.07) is 16.6. The van der Waals surface area contributed by atoms with Crippen molar-refractivity contribution >= 4 is 37.5 Å². The van der Waals surface area contributed by atoms with E-state index in [1.54, 1.807) is 12.1 Å². The summed E-state index contributed by atoms with van der Waals surface area (Å²) in [5.41, 5.74) is 2.26. The molecule has 0 saturated carbocycles. The van der Waals surface area contributed by atoms with Crippen molar-refractivity contribution in [1.29, 1.82) is 0 Å². The molecule has 0 amide bonds. The fourth-order valence-corrected chi connectivity index (χ4v) is 2.98. The molecule has 0 bridgehead atoms. The third-order valence-electron chi connectivity index (χ3n) is 2.80. The van der Waals surface area contributed by atoms with Gasteiger partial charge in [0, 0.05) is 12.1 Å². The van der Waals surface area contributed by atoms with Gasteiger partial charge in [-0.1, -0.05) is 74.3 Å². The van der Waals surface area contributed by atoms with Crippen molar-refractivity contribution in [3.63, 3.8) is 0 Å². The maximum Gasteiger partial charge on any atom is 0.269 e. The first-order valence-electron chi connectivity index (χ1n) is 5.67. The fraction of sp³-hybridized carbons (Fsp3) is 0.143. The van der Waals surface area contributed by atoms with Gasteiger partial charge in [-0.05, 0) is 11.1 Å². The summed E-state index contributed by atoms with van der Waals surface area (Å²) in [5, 5.41) is 10.6. The number of nitrogens with zero attached hydrogens (tertiary/aromatic N) is 1. The SMILES string of the molecule is O=[N+]([O-])c1ccc(C(Br)C(Br)c2ccccc2)cc1. The number of nitro groups is 1. The van der Waals surface area contributed by atoms with Crippen LogP contribution in [0.5, 0.6) is 0 Å². The predicted molar refractivity (Wildman–Crippen MR) is 82.9 cm³/mol. The summed E-state index contributed by atoms with van der Waals surface area (Å²) in [5.74, 6) is 0. The third-order valence-corrected chi connectivity index (χ3v) is 5.62. The molecule has 0 aliphatic carbocycles. The zero-order valence-corrected chi connectivity index (χ0v) is 13.0. The number of nitro benzene ring substituents is 1. The van der Waals surface area contributed by atoms with E-state index >= 15 is 0 Å². The topological polar surface area (TPSA) is 43.1 Å². The second-order valence-electron chi connectivity index (χ2n) is 4.06. The molecule has 0 spiro atoms. The van der Waals surface area contributed by atoms with Crippen LogP contribution in [0.4, 0.5) is 5.69 Å². The highest BCUT2D eigenvalue weighted by Crippen LogP contribution is 2.42. The Labute approximate surface area is 128 Å². The highest BCUT2D eigenvalue weighted by molar-refractivity contribution is 9.12. The van der Waals surface area contributed by atoms with Gasteiger partial charge in [-0.15, -0.1) is 0 Å². The molecule has 19 heavy (non-hydrogen) atoms. The Morgan fingerprint density at radius 1 is 0.842 bits per heavy atom. The van der Waals surface area contributed by atoms with Crippen LogP contribution in [0.1, 0.15) is 20.8 Å².